The first-order valence-electron chi connectivity index (χ1n) is 9.72. The molecule has 1 saturated heterocycles. The van der Waals surface area contributed by atoms with Crippen LogP contribution in [0, 0.1) is 0 Å². The lowest BCUT2D eigenvalue weighted by atomic mass is 9.79. The van der Waals surface area contributed by atoms with E-state index < -0.39 is 17.9 Å². The van der Waals surface area contributed by atoms with Gasteiger partial charge in [0.2, 0.25) is 0 Å². The van der Waals surface area contributed by atoms with E-state index in [-0.39, 0.29) is 6.61 Å². The predicted molar refractivity (Wildman–Crippen MR) is 108 cm³/mol. The van der Waals surface area contributed by atoms with E-state index in [1.54, 1.807) is 13.0 Å². The second-order valence-corrected chi connectivity index (χ2v) is 7.40. The van der Waals surface area contributed by atoms with Crippen LogP contribution in [0.5, 0.6) is 0 Å². The Morgan fingerprint density at radius 1 is 1.14 bits per heavy atom. The third-order valence-corrected chi connectivity index (χ3v) is 5.77. The number of esters is 2. The fourth-order valence-electron chi connectivity index (χ4n) is 4.16. The summed E-state index contributed by atoms with van der Waals surface area (Å²) in [7, 11) is 1.37. The van der Waals surface area contributed by atoms with E-state index in [1.165, 1.54) is 7.11 Å². The quantitative estimate of drug-likeness (QED) is 0.689. The lowest BCUT2D eigenvalue weighted by molar-refractivity contribution is -0.139. The van der Waals surface area contributed by atoms with E-state index in [1.807, 2.05) is 25.1 Å². The van der Waals surface area contributed by atoms with Crippen LogP contribution < -0.4 is 0 Å². The van der Waals surface area contributed by atoms with Gasteiger partial charge in [0.1, 0.15) is 0 Å². The van der Waals surface area contributed by atoms with Crippen molar-refractivity contribution in [3.05, 3.63) is 57.4 Å². The van der Waals surface area contributed by atoms with Gasteiger partial charge in [-0.3, -0.25) is 0 Å². The zero-order valence-corrected chi connectivity index (χ0v) is 17.3. The van der Waals surface area contributed by atoms with Gasteiger partial charge in [-0.05, 0) is 44.7 Å². The van der Waals surface area contributed by atoms with Gasteiger partial charge < -0.3 is 14.4 Å². The van der Waals surface area contributed by atoms with Gasteiger partial charge in [0, 0.05) is 23.0 Å². The highest BCUT2D eigenvalue weighted by atomic mass is 35.5. The number of methoxy groups -OCH3 is 1. The highest BCUT2D eigenvalue weighted by molar-refractivity contribution is 6.31. The molecule has 1 aromatic rings. The molecule has 5 nitrogen and oxygen atoms in total. The Morgan fingerprint density at radius 3 is 2.57 bits per heavy atom. The zero-order valence-electron chi connectivity index (χ0n) is 16.6. The molecular formula is C22H26ClNO4. The Labute approximate surface area is 170 Å². The molecule has 0 aromatic heterocycles. The number of carbonyl (C=O) groups excluding carboxylic acids is 2. The standard InChI is InChI=1S/C22H26ClNO4/c1-4-28-22(26)18-14(2)24-13-9-5-6-12-17(24)20(21(25)27-3)19(18)15-10-7-8-11-16(15)23/h7-8,10-11,19H,4-6,9,12-13H2,1-3H3. The van der Waals surface area contributed by atoms with Gasteiger partial charge in [0.25, 0.3) is 0 Å². The molecule has 0 radical (unpaired) electrons. The van der Waals surface area contributed by atoms with Crippen LogP contribution in [-0.4, -0.2) is 37.1 Å². The van der Waals surface area contributed by atoms with E-state index in [2.05, 4.69) is 4.90 Å². The summed E-state index contributed by atoms with van der Waals surface area (Å²) < 4.78 is 10.5. The normalized spacial score (nSPS) is 19.9. The maximum absolute atomic E-state index is 13.0. The number of ether oxygens (including phenoxy) is 2. The number of hydrogen-bond donors (Lipinski definition) is 0. The predicted octanol–water partition coefficient (Wildman–Crippen LogP) is 4.58. The number of nitrogens with zero attached hydrogens (tertiary/aromatic N) is 1. The number of allylic oxidation sites excluding steroid dienone is 2. The number of rotatable bonds is 4. The molecule has 3 rings (SSSR count). The van der Waals surface area contributed by atoms with Crippen LogP contribution in [0.1, 0.15) is 51.0 Å². The average molecular weight is 404 g/mol. The summed E-state index contributed by atoms with van der Waals surface area (Å²) >= 11 is 6.51. The molecule has 0 bridgehead atoms. The van der Waals surface area contributed by atoms with Gasteiger partial charge in [0.15, 0.2) is 0 Å². The molecule has 0 amide bonds. The third kappa shape index (κ3) is 3.68. The van der Waals surface area contributed by atoms with E-state index in [0.717, 1.165) is 43.6 Å². The molecule has 0 aliphatic carbocycles. The summed E-state index contributed by atoms with van der Waals surface area (Å²) in [5.74, 6) is -1.46. The van der Waals surface area contributed by atoms with E-state index in [4.69, 9.17) is 21.1 Å². The van der Waals surface area contributed by atoms with Crippen molar-refractivity contribution >= 4 is 23.5 Å². The highest BCUT2D eigenvalue weighted by Gasteiger charge is 2.42. The second kappa shape index (κ2) is 8.82. The summed E-state index contributed by atoms with van der Waals surface area (Å²) in [6.07, 6.45) is 3.83. The maximum Gasteiger partial charge on any atom is 0.336 e. The smallest absolute Gasteiger partial charge is 0.336 e. The second-order valence-electron chi connectivity index (χ2n) is 6.99. The largest absolute Gasteiger partial charge is 0.466 e. The number of carbonyl (C=O) groups is 2. The van der Waals surface area contributed by atoms with Crippen molar-refractivity contribution in [1.82, 2.24) is 4.90 Å². The maximum atomic E-state index is 13.0. The Bertz CT molecular complexity index is 843. The van der Waals surface area contributed by atoms with Crippen molar-refractivity contribution < 1.29 is 19.1 Å². The minimum atomic E-state index is -0.607. The molecule has 1 atom stereocenters. The molecule has 2 aliphatic rings. The molecule has 1 unspecified atom stereocenters. The first-order valence-corrected chi connectivity index (χ1v) is 10.1. The SMILES string of the molecule is CCOC(=O)C1=C(C)N2CCCCCC2=C(C(=O)OC)C1c1ccccc1Cl. The average Bonchev–Trinajstić information content (AvgIpc) is 2.94. The topological polar surface area (TPSA) is 55.8 Å². The van der Waals surface area contributed by atoms with Gasteiger partial charge >= 0.3 is 11.9 Å². The highest BCUT2D eigenvalue weighted by Crippen LogP contribution is 2.46. The van der Waals surface area contributed by atoms with Gasteiger partial charge in [-0.1, -0.05) is 36.2 Å². The summed E-state index contributed by atoms with van der Waals surface area (Å²) in [4.78, 5) is 28.0. The Kier molecular flexibility index (Phi) is 6.45. The van der Waals surface area contributed by atoms with Crippen molar-refractivity contribution in [1.29, 1.82) is 0 Å². The number of hydrogen-bond acceptors (Lipinski definition) is 5. The van der Waals surface area contributed by atoms with Crippen molar-refractivity contribution in [3.63, 3.8) is 0 Å². The molecule has 1 aromatic carbocycles. The summed E-state index contributed by atoms with van der Waals surface area (Å²) in [5, 5.41) is 0.506. The van der Waals surface area contributed by atoms with Crippen LogP contribution in [0.3, 0.4) is 0 Å². The molecule has 1 fully saturated rings. The number of benzene rings is 1. The van der Waals surface area contributed by atoms with Crippen LogP contribution in [0.2, 0.25) is 5.02 Å². The molecule has 0 saturated carbocycles. The van der Waals surface area contributed by atoms with Crippen LogP contribution >= 0.6 is 11.6 Å². The van der Waals surface area contributed by atoms with E-state index >= 15 is 0 Å². The summed E-state index contributed by atoms with van der Waals surface area (Å²) in [6, 6.07) is 7.32. The van der Waals surface area contributed by atoms with Crippen molar-refractivity contribution in [2.75, 3.05) is 20.3 Å². The van der Waals surface area contributed by atoms with Gasteiger partial charge in [-0.2, -0.15) is 0 Å². The summed E-state index contributed by atoms with van der Waals surface area (Å²) in [5.41, 5.74) is 3.42. The fourth-order valence-corrected chi connectivity index (χ4v) is 4.41. The van der Waals surface area contributed by atoms with Crippen LogP contribution in [-0.2, 0) is 19.1 Å². The van der Waals surface area contributed by atoms with Crippen LogP contribution in [0.15, 0.2) is 46.8 Å². The molecule has 0 spiro atoms. The summed E-state index contributed by atoms with van der Waals surface area (Å²) in [6.45, 7) is 4.72. The zero-order chi connectivity index (χ0) is 20.3. The molecule has 2 heterocycles. The van der Waals surface area contributed by atoms with Crippen molar-refractivity contribution in [2.24, 2.45) is 0 Å². The molecule has 6 heteroatoms. The Balaban J connectivity index is 2.29. The molecule has 0 N–H and O–H groups in total. The third-order valence-electron chi connectivity index (χ3n) is 5.42. The number of halogens is 1. The Hall–Kier alpha value is -2.27. The fraction of sp³-hybridized carbons (Fsp3) is 0.455. The van der Waals surface area contributed by atoms with Crippen molar-refractivity contribution in [3.8, 4) is 0 Å². The van der Waals surface area contributed by atoms with Crippen molar-refractivity contribution in [2.45, 2.75) is 45.4 Å². The first kappa shape index (κ1) is 20.5. The molecule has 2 aliphatic heterocycles. The number of fused-ring (bicyclic) bond motifs is 1. The molecular weight excluding hydrogens is 378 g/mol. The van der Waals surface area contributed by atoms with Crippen LogP contribution in [0.4, 0.5) is 0 Å². The minimum absolute atomic E-state index is 0.259. The lowest BCUT2D eigenvalue weighted by Crippen LogP contribution is -2.36. The van der Waals surface area contributed by atoms with Crippen LogP contribution in [0.25, 0.3) is 0 Å². The van der Waals surface area contributed by atoms with Gasteiger partial charge in [0.05, 0.1) is 30.8 Å². The van der Waals surface area contributed by atoms with E-state index in [0.29, 0.717) is 21.7 Å². The van der Waals surface area contributed by atoms with Gasteiger partial charge in [-0.25, -0.2) is 9.59 Å². The molecule has 150 valence electrons. The monoisotopic (exact) mass is 403 g/mol. The minimum Gasteiger partial charge on any atom is -0.466 e. The Morgan fingerprint density at radius 2 is 1.89 bits per heavy atom. The van der Waals surface area contributed by atoms with E-state index in [9.17, 15) is 9.59 Å². The van der Waals surface area contributed by atoms with Gasteiger partial charge in [-0.15, -0.1) is 0 Å². The lowest BCUT2D eigenvalue weighted by Gasteiger charge is -2.38. The molecule has 28 heavy (non-hydrogen) atoms. The first-order chi connectivity index (χ1) is 13.5.